The van der Waals surface area contributed by atoms with E-state index in [2.05, 4.69) is 21.9 Å². The van der Waals surface area contributed by atoms with Crippen LogP contribution in [0, 0.1) is 0 Å². The molecule has 6 heteroatoms. The SMILES string of the molecule is C1=CN(N2C=CNN2)NN1. The molecule has 54 valence electrons. The normalized spacial score (nSPS) is 21.6. The lowest BCUT2D eigenvalue weighted by Crippen LogP contribution is -2.51. The standard InChI is InChI=1S/C4H8N6/c1-3-9(7-5-1)10-4-2-6-8-10/h1-8H. The van der Waals surface area contributed by atoms with Gasteiger partial charge in [0, 0.05) is 12.4 Å². The third-order valence-corrected chi connectivity index (χ3v) is 1.19. The van der Waals surface area contributed by atoms with Crippen molar-refractivity contribution in [3.63, 3.8) is 0 Å². The maximum Gasteiger partial charge on any atom is 0.0603 e. The fourth-order valence-corrected chi connectivity index (χ4v) is 0.748. The van der Waals surface area contributed by atoms with E-state index in [9.17, 15) is 0 Å². The molecule has 0 amide bonds. The van der Waals surface area contributed by atoms with Gasteiger partial charge in [0.2, 0.25) is 0 Å². The van der Waals surface area contributed by atoms with Gasteiger partial charge in [-0.15, -0.1) is 11.1 Å². The molecule has 4 N–H and O–H groups in total. The Balaban J connectivity index is 1.98. The first kappa shape index (κ1) is 5.39. The number of hydrogen-bond acceptors (Lipinski definition) is 6. The van der Waals surface area contributed by atoms with E-state index >= 15 is 0 Å². The molecule has 0 aliphatic carbocycles. The number of hydrogen-bond donors (Lipinski definition) is 4. The van der Waals surface area contributed by atoms with E-state index in [0.717, 1.165) is 0 Å². The molecule has 2 aliphatic rings. The summed E-state index contributed by atoms with van der Waals surface area (Å²) < 4.78 is 0. The summed E-state index contributed by atoms with van der Waals surface area (Å²) in [6.07, 6.45) is 7.25. The molecule has 10 heavy (non-hydrogen) atoms. The van der Waals surface area contributed by atoms with Gasteiger partial charge < -0.3 is 10.9 Å². The smallest absolute Gasteiger partial charge is 0.0603 e. The molecule has 2 aliphatic heterocycles. The van der Waals surface area contributed by atoms with Gasteiger partial charge in [-0.05, 0) is 0 Å². The molecular weight excluding hydrogens is 132 g/mol. The fourth-order valence-electron chi connectivity index (χ4n) is 0.748. The van der Waals surface area contributed by atoms with E-state index in [0.29, 0.717) is 0 Å². The summed E-state index contributed by atoms with van der Waals surface area (Å²) in [4.78, 5) is 0. The summed E-state index contributed by atoms with van der Waals surface area (Å²) in [6, 6.07) is 0. The van der Waals surface area contributed by atoms with Crippen molar-refractivity contribution in [1.29, 1.82) is 0 Å². The van der Waals surface area contributed by atoms with Crippen LogP contribution in [-0.4, -0.2) is 10.2 Å². The van der Waals surface area contributed by atoms with Crippen LogP contribution in [0.15, 0.2) is 24.8 Å². The number of nitrogens with zero attached hydrogens (tertiary/aromatic N) is 2. The first-order chi connectivity index (χ1) is 4.97. The zero-order valence-electron chi connectivity index (χ0n) is 5.20. The minimum Gasteiger partial charge on any atom is -0.308 e. The summed E-state index contributed by atoms with van der Waals surface area (Å²) in [6.45, 7) is 0. The van der Waals surface area contributed by atoms with Gasteiger partial charge in [0.1, 0.15) is 0 Å². The second-order valence-electron chi connectivity index (χ2n) is 1.83. The van der Waals surface area contributed by atoms with E-state index in [-0.39, 0.29) is 0 Å². The molecule has 0 atom stereocenters. The second-order valence-corrected chi connectivity index (χ2v) is 1.83. The van der Waals surface area contributed by atoms with Crippen molar-refractivity contribution >= 4 is 0 Å². The van der Waals surface area contributed by atoms with Crippen LogP contribution in [0.3, 0.4) is 0 Å². The highest BCUT2D eigenvalue weighted by atomic mass is 16.0. The van der Waals surface area contributed by atoms with Gasteiger partial charge in [-0.3, -0.25) is 0 Å². The summed E-state index contributed by atoms with van der Waals surface area (Å²) in [7, 11) is 0. The molecule has 0 aromatic rings. The molecule has 0 saturated heterocycles. The Morgan fingerprint density at radius 3 is 1.60 bits per heavy atom. The van der Waals surface area contributed by atoms with Gasteiger partial charge in [-0.1, -0.05) is 0 Å². The summed E-state index contributed by atoms with van der Waals surface area (Å²) >= 11 is 0. The molecule has 2 rings (SSSR count). The molecule has 0 aromatic carbocycles. The molecule has 0 radical (unpaired) electrons. The molecule has 0 saturated carbocycles. The van der Waals surface area contributed by atoms with Crippen LogP contribution >= 0.6 is 0 Å². The second kappa shape index (κ2) is 2.09. The van der Waals surface area contributed by atoms with Crippen LogP contribution in [0.1, 0.15) is 0 Å². The molecular formula is C4H8N6. The van der Waals surface area contributed by atoms with Crippen LogP contribution in [0.4, 0.5) is 0 Å². The summed E-state index contributed by atoms with van der Waals surface area (Å²) in [5.74, 6) is 0. The van der Waals surface area contributed by atoms with Gasteiger partial charge in [-0.2, -0.15) is 10.2 Å². The quantitative estimate of drug-likeness (QED) is 0.355. The molecule has 2 heterocycles. The van der Waals surface area contributed by atoms with Crippen molar-refractivity contribution < 1.29 is 0 Å². The number of nitrogens with one attached hydrogen (secondary N) is 4. The largest absolute Gasteiger partial charge is 0.308 e. The predicted molar refractivity (Wildman–Crippen MR) is 34.5 cm³/mol. The van der Waals surface area contributed by atoms with Crippen LogP contribution in [0.5, 0.6) is 0 Å². The first-order valence-corrected chi connectivity index (χ1v) is 2.91. The zero-order valence-corrected chi connectivity index (χ0v) is 5.20. The van der Waals surface area contributed by atoms with Crippen LogP contribution in [0.25, 0.3) is 0 Å². The lowest BCUT2D eigenvalue weighted by atomic mass is 10.9. The van der Waals surface area contributed by atoms with Gasteiger partial charge >= 0.3 is 0 Å². The Labute approximate surface area is 58.0 Å². The van der Waals surface area contributed by atoms with Crippen LogP contribution in [-0.2, 0) is 0 Å². The molecule has 0 aromatic heterocycles. The minimum atomic E-state index is 1.73. The zero-order chi connectivity index (χ0) is 6.81. The molecule has 0 fully saturated rings. The Kier molecular flexibility index (Phi) is 1.12. The lowest BCUT2D eigenvalue weighted by Gasteiger charge is -2.25. The molecule has 0 spiro atoms. The first-order valence-electron chi connectivity index (χ1n) is 2.91. The summed E-state index contributed by atoms with van der Waals surface area (Å²) in [5, 5.41) is 3.47. The van der Waals surface area contributed by atoms with E-state index < -0.39 is 0 Å². The van der Waals surface area contributed by atoms with Crippen LogP contribution < -0.4 is 21.9 Å². The van der Waals surface area contributed by atoms with Crippen LogP contribution in [0.2, 0.25) is 0 Å². The lowest BCUT2D eigenvalue weighted by molar-refractivity contribution is -0.0197. The number of rotatable bonds is 1. The Bertz CT molecular complexity index is 155. The molecule has 0 bridgehead atoms. The van der Waals surface area contributed by atoms with Crippen molar-refractivity contribution in [2.24, 2.45) is 0 Å². The predicted octanol–water partition coefficient (Wildman–Crippen LogP) is -1.51. The van der Waals surface area contributed by atoms with Crippen molar-refractivity contribution in [1.82, 2.24) is 32.2 Å². The van der Waals surface area contributed by atoms with E-state index in [4.69, 9.17) is 0 Å². The van der Waals surface area contributed by atoms with Crippen molar-refractivity contribution in [3.05, 3.63) is 24.8 Å². The monoisotopic (exact) mass is 140 g/mol. The van der Waals surface area contributed by atoms with Gasteiger partial charge in [0.25, 0.3) is 0 Å². The third kappa shape index (κ3) is 0.751. The van der Waals surface area contributed by atoms with Crippen molar-refractivity contribution in [3.8, 4) is 0 Å². The number of hydrazine groups is 5. The minimum absolute atomic E-state index is 1.73. The highest BCUT2D eigenvalue weighted by Gasteiger charge is 2.11. The average molecular weight is 140 g/mol. The fraction of sp³-hybridized carbons (Fsp3) is 0. The summed E-state index contributed by atoms with van der Waals surface area (Å²) in [5.41, 5.74) is 11.3. The van der Waals surface area contributed by atoms with Crippen molar-refractivity contribution in [2.75, 3.05) is 0 Å². The van der Waals surface area contributed by atoms with E-state index in [1.165, 1.54) is 0 Å². The maximum atomic E-state index is 2.84. The van der Waals surface area contributed by atoms with Gasteiger partial charge in [0.05, 0.1) is 12.4 Å². The molecule has 6 nitrogen and oxygen atoms in total. The molecule has 0 unspecified atom stereocenters. The van der Waals surface area contributed by atoms with E-state index in [1.54, 1.807) is 22.6 Å². The Morgan fingerprint density at radius 2 is 1.30 bits per heavy atom. The third-order valence-electron chi connectivity index (χ3n) is 1.19. The topological polar surface area (TPSA) is 54.6 Å². The van der Waals surface area contributed by atoms with Gasteiger partial charge in [0.15, 0.2) is 0 Å². The highest BCUT2D eigenvalue weighted by molar-refractivity contribution is 4.87. The van der Waals surface area contributed by atoms with Crippen molar-refractivity contribution in [2.45, 2.75) is 0 Å². The van der Waals surface area contributed by atoms with Gasteiger partial charge in [-0.25, -0.2) is 0 Å². The Hall–Kier alpha value is -1.40. The maximum absolute atomic E-state index is 2.84. The Morgan fingerprint density at radius 1 is 0.800 bits per heavy atom. The highest BCUT2D eigenvalue weighted by Crippen LogP contribution is 1.96. The average Bonchev–Trinajstić information content (AvgIpc) is 2.59. The van der Waals surface area contributed by atoms with E-state index in [1.807, 2.05) is 12.4 Å².